The molecule has 4 fully saturated rings. The van der Waals surface area contributed by atoms with Crippen molar-refractivity contribution in [1.82, 2.24) is 10.6 Å². The van der Waals surface area contributed by atoms with Gasteiger partial charge in [0.05, 0.1) is 6.61 Å². The van der Waals surface area contributed by atoms with Gasteiger partial charge in [0.25, 0.3) is 0 Å². The molecule has 0 aromatic rings. The molecule has 21 heavy (non-hydrogen) atoms. The van der Waals surface area contributed by atoms with E-state index in [1.165, 1.54) is 19.3 Å². The van der Waals surface area contributed by atoms with Gasteiger partial charge < -0.3 is 15.4 Å². The number of carbonyl (C=O) groups excluding carboxylic acids is 2. The van der Waals surface area contributed by atoms with Gasteiger partial charge in [-0.15, -0.1) is 0 Å². The van der Waals surface area contributed by atoms with E-state index in [-0.39, 0.29) is 17.5 Å². The van der Waals surface area contributed by atoms with Gasteiger partial charge in [0.15, 0.2) is 0 Å². The summed E-state index contributed by atoms with van der Waals surface area (Å²) in [5.41, 5.74) is -0.0206. The second kappa shape index (κ2) is 5.50. The van der Waals surface area contributed by atoms with Crippen LogP contribution in [-0.4, -0.2) is 30.2 Å². The first-order chi connectivity index (χ1) is 9.99. The summed E-state index contributed by atoms with van der Waals surface area (Å²) in [7, 11) is 0. The lowest BCUT2D eigenvalue weighted by atomic mass is 9.53. The second-order valence-electron chi connectivity index (χ2n) is 7.27. The number of esters is 1. The fraction of sp³-hybridized carbons (Fsp3) is 0.875. The lowest BCUT2D eigenvalue weighted by molar-refractivity contribution is -0.144. The average Bonchev–Trinajstić information content (AvgIpc) is 2.36. The summed E-state index contributed by atoms with van der Waals surface area (Å²) in [5, 5.41) is 5.91. The van der Waals surface area contributed by atoms with Crippen LogP contribution in [-0.2, 0) is 9.53 Å². The first kappa shape index (κ1) is 14.7. The average molecular weight is 294 g/mol. The van der Waals surface area contributed by atoms with Crippen molar-refractivity contribution >= 4 is 12.0 Å². The smallest absolute Gasteiger partial charge is 0.328 e. The Balaban J connectivity index is 1.56. The third-order valence-electron chi connectivity index (χ3n) is 5.40. The van der Waals surface area contributed by atoms with Crippen molar-refractivity contribution in [3.05, 3.63) is 0 Å². The summed E-state index contributed by atoms with van der Waals surface area (Å²) < 4.78 is 4.92. The van der Waals surface area contributed by atoms with Crippen LogP contribution in [0.5, 0.6) is 0 Å². The van der Waals surface area contributed by atoms with E-state index in [1.54, 1.807) is 13.8 Å². The molecule has 0 heterocycles. The summed E-state index contributed by atoms with van der Waals surface area (Å²) in [5.74, 6) is 2.00. The van der Waals surface area contributed by atoms with Crippen LogP contribution in [0.25, 0.3) is 0 Å². The number of carbonyl (C=O) groups is 2. The largest absolute Gasteiger partial charge is 0.464 e. The highest BCUT2D eigenvalue weighted by Gasteiger charge is 2.51. The maximum absolute atomic E-state index is 12.2. The SMILES string of the molecule is CCOC(=O)C(C)NC(=O)NC12CC3CC(CC(C3)C1)C2. The first-order valence-electron chi connectivity index (χ1n) is 8.25. The zero-order valence-corrected chi connectivity index (χ0v) is 13.0. The minimum atomic E-state index is -0.598. The number of urea groups is 1. The number of ether oxygens (including phenoxy) is 1. The molecule has 4 rings (SSSR count). The predicted molar refractivity (Wildman–Crippen MR) is 78.7 cm³/mol. The fourth-order valence-electron chi connectivity index (χ4n) is 5.06. The minimum absolute atomic E-state index is 0.0206. The van der Waals surface area contributed by atoms with Crippen molar-refractivity contribution in [2.45, 2.75) is 64.0 Å². The lowest BCUT2D eigenvalue weighted by Gasteiger charge is -2.56. The van der Waals surface area contributed by atoms with Crippen LogP contribution in [0.2, 0.25) is 0 Å². The van der Waals surface area contributed by atoms with Crippen molar-refractivity contribution < 1.29 is 14.3 Å². The lowest BCUT2D eigenvalue weighted by Crippen LogP contribution is -2.62. The zero-order valence-electron chi connectivity index (χ0n) is 13.0. The summed E-state index contributed by atoms with van der Waals surface area (Å²) in [6.07, 6.45) is 7.38. The highest BCUT2D eigenvalue weighted by molar-refractivity contribution is 5.83. The molecule has 5 nitrogen and oxygen atoms in total. The van der Waals surface area contributed by atoms with Crippen molar-refractivity contribution in [2.24, 2.45) is 17.8 Å². The van der Waals surface area contributed by atoms with Gasteiger partial charge in [-0.1, -0.05) is 0 Å². The van der Waals surface area contributed by atoms with E-state index < -0.39 is 6.04 Å². The molecule has 0 spiro atoms. The van der Waals surface area contributed by atoms with E-state index >= 15 is 0 Å². The van der Waals surface area contributed by atoms with E-state index in [0.717, 1.165) is 37.0 Å². The first-order valence-corrected chi connectivity index (χ1v) is 8.25. The summed E-state index contributed by atoms with van der Waals surface area (Å²) in [4.78, 5) is 23.8. The molecular formula is C16H26N2O3. The highest BCUT2D eigenvalue weighted by atomic mass is 16.5. The fourth-order valence-corrected chi connectivity index (χ4v) is 5.06. The summed E-state index contributed by atoms with van der Waals surface area (Å²) in [6.45, 7) is 3.76. The van der Waals surface area contributed by atoms with E-state index in [4.69, 9.17) is 4.74 Å². The molecule has 4 bridgehead atoms. The Labute approximate surface area is 126 Å². The molecule has 4 aliphatic carbocycles. The third kappa shape index (κ3) is 3.01. The van der Waals surface area contributed by atoms with Gasteiger partial charge in [-0.3, -0.25) is 0 Å². The minimum Gasteiger partial charge on any atom is -0.464 e. The molecule has 1 atom stereocenters. The third-order valence-corrected chi connectivity index (χ3v) is 5.40. The molecule has 0 aromatic carbocycles. The van der Waals surface area contributed by atoms with Gasteiger partial charge >= 0.3 is 12.0 Å². The number of amides is 2. The Kier molecular flexibility index (Phi) is 3.84. The van der Waals surface area contributed by atoms with Gasteiger partial charge in [-0.2, -0.15) is 0 Å². The number of nitrogens with one attached hydrogen (secondary N) is 2. The Hall–Kier alpha value is -1.26. The maximum atomic E-state index is 12.2. The predicted octanol–water partition coefficient (Wildman–Crippen LogP) is 2.21. The molecule has 1 unspecified atom stereocenters. The number of hydrogen-bond donors (Lipinski definition) is 2. The van der Waals surface area contributed by atoms with Gasteiger partial charge in [-0.25, -0.2) is 9.59 Å². The van der Waals surface area contributed by atoms with E-state index in [9.17, 15) is 9.59 Å². The van der Waals surface area contributed by atoms with Crippen LogP contribution in [0.4, 0.5) is 4.79 Å². The normalized spacial score (nSPS) is 37.9. The standard InChI is InChI=1S/C16H26N2O3/c1-3-21-14(19)10(2)17-15(20)18-16-7-11-4-12(8-16)6-13(5-11)9-16/h10-13H,3-9H2,1-2H3,(H2,17,18,20). The quantitative estimate of drug-likeness (QED) is 0.781. The molecule has 4 aliphatic rings. The monoisotopic (exact) mass is 294 g/mol. The van der Waals surface area contributed by atoms with Gasteiger partial charge in [0, 0.05) is 5.54 Å². The van der Waals surface area contributed by atoms with Crippen molar-refractivity contribution in [2.75, 3.05) is 6.61 Å². The van der Waals surface area contributed by atoms with Gasteiger partial charge in [0.1, 0.15) is 6.04 Å². The summed E-state index contributed by atoms with van der Waals surface area (Å²) >= 11 is 0. The van der Waals surface area contributed by atoms with Crippen LogP contribution >= 0.6 is 0 Å². The van der Waals surface area contributed by atoms with Crippen LogP contribution in [0.3, 0.4) is 0 Å². The zero-order chi connectivity index (χ0) is 15.0. The molecule has 0 aliphatic heterocycles. The van der Waals surface area contributed by atoms with Crippen LogP contribution in [0, 0.1) is 17.8 Å². The van der Waals surface area contributed by atoms with Crippen LogP contribution in [0.1, 0.15) is 52.4 Å². The summed E-state index contributed by atoms with van der Waals surface area (Å²) in [6, 6.07) is -0.823. The molecule has 2 amide bonds. The molecule has 0 radical (unpaired) electrons. The molecule has 0 aromatic heterocycles. The van der Waals surface area contributed by atoms with Gasteiger partial charge in [-0.05, 0) is 70.1 Å². The van der Waals surface area contributed by atoms with E-state index in [1.807, 2.05) is 0 Å². The Morgan fingerprint density at radius 1 is 1.14 bits per heavy atom. The number of hydrogen-bond acceptors (Lipinski definition) is 3. The molecule has 2 N–H and O–H groups in total. The van der Waals surface area contributed by atoms with E-state index in [0.29, 0.717) is 6.61 Å². The topological polar surface area (TPSA) is 67.4 Å². The molecule has 118 valence electrons. The Bertz CT molecular complexity index is 400. The Morgan fingerprint density at radius 2 is 1.67 bits per heavy atom. The van der Waals surface area contributed by atoms with Crippen molar-refractivity contribution in [3.8, 4) is 0 Å². The molecular weight excluding hydrogens is 268 g/mol. The van der Waals surface area contributed by atoms with Crippen molar-refractivity contribution in [1.29, 1.82) is 0 Å². The Morgan fingerprint density at radius 3 is 2.14 bits per heavy atom. The highest BCUT2D eigenvalue weighted by Crippen LogP contribution is 2.55. The van der Waals surface area contributed by atoms with E-state index in [2.05, 4.69) is 10.6 Å². The number of rotatable bonds is 4. The second-order valence-corrected chi connectivity index (χ2v) is 7.27. The maximum Gasteiger partial charge on any atom is 0.328 e. The molecule has 5 heteroatoms. The molecule has 0 saturated heterocycles. The van der Waals surface area contributed by atoms with Gasteiger partial charge in [0.2, 0.25) is 0 Å². The molecule has 4 saturated carbocycles. The van der Waals surface area contributed by atoms with Crippen molar-refractivity contribution in [3.63, 3.8) is 0 Å². The van der Waals surface area contributed by atoms with Crippen LogP contribution < -0.4 is 10.6 Å². The van der Waals surface area contributed by atoms with Crippen LogP contribution in [0.15, 0.2) is 0 Å².